The van der Waals surface area contributed by atoms with Crippen LogP contribution in [-0.2, 0) is 0 Å². The minimum Gasteiger partial charge on any atom is -0.489 e. The van der Waals surface area contributed by atoms with Gasteiger partial charge in [0.25, 0.3) is 0 Å². The lowest BCUT2D eigenvalue weighted by molar-refractivity contribution is 0.0458. The second-order valence-electron chi connectivity index (χ2n) is 6.23. The van der Waals surface area contributed by atoms with Gasteiger partial charge >= 0.3 is 0 Å². The third-order valence-electron chi connectivity index (χ3n) is 4.30. The molecule has 108 valence electrons. The van der Waals surface area contributed by atoms with Crippen molar-refractivity contribution >= 4 is 15.9 Å². The predicted octanol–water partition coefficient (Wildman–Crippen LogP) is 5.16. The maximum atomic E-state index is 9.25. The van der Waals surface area contributed by atoms with E-state index in [-0.39, 0.29) is 6.10 Å². The molecule has 0 radical (unpaired) electrons. The van der Waals surface area contributed by atoms with Crippen molar-refractivity contribution in [3.8, 4) is 11.8 Å². The van der Waals surface area contributed by atoms with Gasteiger partial charge in [0.1, 0.15) is 17.9 Å². The van der Waals surface area contributed by atoms with Gasteiger partial charge < -0.3 is 4.74 Å². The van der Waals surface area contributed by atoms with Gasteiger partial charge in [-0.25, -0.2) is 0 Å². The van der Waals surface area contributed by atoms with Gasteiger partial charge in [-0.05, 0) is 48.8 Å². The predicted molar refractivity (Wildman–Crippen MR) is 84.6 cm³/mol. The standard InChI is InChI=1S/C17H22BrNO/c1-11(2)15-6-4-12(3)8-17(15)20-16-7-5-14(18)9-13(16)10-19/h5,7,9,11-12,15,17H,4,6,8H2,1-3H3. The van der Waals surface area contributed by atoms with Crippen LogP contribution in [0, 0.1) is 29.1 Å². The van der Waals surface area contributed by atoms with Crippen LogP contribution in [0.5, 0.6) is 5.75 Å². The normalized spacial score (nSPS) is 26.3. The van der Waals surface area contributed by atoms with E-state index in [0.717, 1.165) is 16.6 Å². The van der Waals surface area contributed by atoms with Gasteiger partial charge in [-0.15, -0.1) is 0 Å². The van der Waals surface area contributed by atoms with Gasteiger partial charge in [0.15, 0.2) is 0 Å². The molecule has 0 saturated heterocycles. The Kier molecular flexibility index (Phi) is 5.10. The van der Waals surface area contributed by atoms with E-state index < -0.39 is 0 Å². The zero-order valence-electron chi connectivity index (χ0n) is 12.4. The molecule has 2 rings (SSSR count). The molecule has 1 aliphatic rings. The molecular formula is C17H22BrNO. The van der Waals surface area contributed by atoms with Gasteiger partial charge in [0.2, 0.25) is 0 Å². The van der Waals surface area contributed by atoms with Crippen LogP contribution in [0.25, 0.3) is 0 Å². The van der Waals surface area contributed by atoms with Gasteiger partial charge in [-0.1, -0.05) is 43.1 Å². The third-order valence-corrected chi connectivity index (χ3v) is 4.79. The Labute approximate surface area is 130 Å². The average molecular weight is 336 g/mol. The van der Waals surface area contributed by atoms with Crippen molar-refractivity contribution in [2.24, 2.45) is 17.8 Å². The first-order valence-electron chi connectivity index (χ1n) is 7.37. The van der Waals surface area contributed by atoms with Gasteiger partial charge in [0.05, 0.1) is 5.56 Å². The summed E-state index contributed by atoms with van der Waals surface area (Å²) in [6.45, 7) is 6.83. The minimum atomic E-state index is 0.229. The number of nitriles is 1. The molecule has 3 heteroatoms. The zero-order valence-corrected chi connectivity index (χ0v) is 14.0. The summed E-state index contributed by atoms with van der Waals surface area (Å²) in [5, 5.41) is 9.25. The largest absolute Gasteiger partial charge is 0.489 e. The van der Waals surface area contributed by atoms with Crippen LogP contribution in [0.2, 0.25) is 0 Å². The molecule has 0 aliphatic heterocycles. The number of hydrogen-bond donors (Lipinski definition) is 0. The second kappa shape index (κ2) is 6.63. The minimum absolute atomic E-state index is 0.229. The number of benzene rings is 1. The molecule has 1 aliphatic carbocycles. The van der Waals surface area contributed by atoms with Crippen molar-refractivity contribution in [1.29, 1.82) is 5.26 Å². The summed E-state index contributed by atoms with van der Waals surface area (Å²) in [6, 6.07) is 7.89. The number of hydrogen-bond acceptors (Lipinski definition) is 2. The average Bonchev–Trinajstić information content (AvgIpc) is 2.40. The Morgan fingerprint density at radius 2 is 2.10 bits per heavy atom. The first-order chi connectivity index (χ1) is 9.51. The first kappa shape index (κ1) is 15.4. The van der Waals surface area contributed by atoms with Crippen molar-refractivity contribution in [2.75, 3.05) is 0 Å². The number of nitrogens with zero attached hydrogens (tertiary/aromatic N) is 1. The monoisotopic (exact) mass is 335 g/mol. The number of ether oxygens (including phenoxy) is 1. The number of rotatable bonds is 3. The van der Waals surface area contributed by atoms with E-state index in [1.165, 1.54) is 12.8 Å². The molecule has 0 bridgehead atoms. The fourth-order valence-corrected chi connectivity index (χ4v) is 3.47. The lowest BCUT2D eigenvalue weighted by Gasteiger charge is -2.37. The lowest BCUT2D eigenvalue weighted by atomic mass is 9.75. The van der Waals surface area contributed by atoms with Crippen LogP contribution in [0.1, 0.15) is 45.6 Å². The Hall–Kier alpha value is -1.01. The molecule has 1 saturated carbocycles. The summed E-state index contributed by atoms with van der Waals surface area (Å²) in [6.07, 6.45) is 3.83. The quantitative estimate of drug-likeness (QED) is 0.764. The van der Waals surface area contributed by atoms with Gasteiger partial charge in [-0.2, -0.15) is 5.26 Å². The molecule has 1 aromatic carbocycles. The molecule has 1 aromatic rings. The van der Waals surface area contributed by atoms with Crippen molar-refractivity contribution in [2.45, 2.75) is 46.1 Å². The summed E-state index contributed by atoms with van der Waals surface area (Å²) >= 11 is 3.40. The zero-order chi connectivity index (χ0) is 14.7. The van der Waals surface area contributed by atoms with E-state index in [2.05, 4.69) is 42.8 Å². The van der Waals surface area contributed by atoms with E-state index in [9.17, 15) is 5.26 Å². The highest BCUT2D eigenvalue weighted by molar-refractivity contribution is 9.10. The Balaban J connectivity index is 2.20. The Morgan fingerprint density at radius 3 is 2.75 bits per heavy atom. The lowest BCUT2D eigenvalue weighted by Crippen LogP contribution is -2.36. The molecule has 1 fully saturated rings. The highest BCUT2D eigenvalue weighted by Crippen LogP contribution is 2.36. The van der Waals surface area contributed by atoms with Crippen molar-refractivity contribution in [1.82, 2.24) is 0 Å². The summed E-state index contributed by atoms with van der Waals surface area (Å²) in [5.41, 5.74) is 0.611. The third kappa shape index (κ3) is 3.55. The van der Waals surface area contributed by atoms with Crippen LogP contribution in [0.4, 0.5) is 0 Å². The van der Waals surface area contributed by atoms with E-state index in [1.54, 1.807) is 0 Å². The van der Waals surface area contributed by atoms with Crippen LogP contribution in [0.3, 0.4) is 0 Å². The molecule has 0 heterocycles. The molecule has 3 unspecified atom stereocenters. The highest BCUT2D eigenvalue weighted by Gasteiger charge is 2.32. The van der Waals surface area contributed by atoms with Gasteiger partial charge in [0, 0.05) is 4.47 Å². The van der Waals surface area contributed by atoms with Crippen molar-refractivity contribution in [3.05, 3.63) is 28.2 Å². The summed E-state index contributed by atoms with van der Waals surface area (Å²) in [5.74, 6) is 2.63. The van der Waals surface area contributed by atoms with Crippen molar-refractivity contribution < 1.29 is 4.74 Å². The van der Waals surface area contributed by atoms with Gasteiger partial charge in [-0.3, -0.25) is 0 Å². The molecule has 0 spiro atoms. The summed E-state index contributed by atoms with van der Waals surface area (Å²) in [7, 11) is 0. The van der Waals surface area contributed by atoms with E-state index in [1.807, 2.05) is 18.2 Å². The summed E-state index contributed by atoms with van der Waals surface area (Å²) < 4.78 is 7.15. The van der Waals surface area contributed by atoms with Crippen LogP contribution < -0.4 is 4.74 Å². The SMILES string of the molecule is CC1CCC(C(C)C)C(Oc2ccc(Br)cc2C#N)C1. The van der Waals surface area contributed by atoms with Crippen LogP contribution in [-0.4, -0.2) is 6.10 Å². The van der Waals surface area contributed by atoms with E-state index in [4.69, 9.17) is 4.74 Å². The molecule has 20 heavy (non-hydrogen) atoms. The maximum Gasteiger partial charge on any atom is 0.137 e. The molecule has 2 nitrogen and oxygen atoms in total. The molecule has 0 amide bonds. The maximum absolute atomic E-state index is 9.25. The van der Waals surface area contributed by atoms with E-state index >= 15 is 0 Å². The topological polar surface area (TPSA) is 33.0 Å². The van der Waals surface area contributed by atoms with E-state index in [0.29, 0.717) is 23.3 Å². The van der Waals surface area contributed by atoms with Crippen molar-refractivity contribution in [3.63, 3.8) is 0 Å². The fraction of sp³-hybridized carbons (Fsp3) is 0.588. The smallest absolute Gasteiger partial charge is 0.137 e. The molecular weight excluding hydrogens is 314 g/mol. The fourth-order valence-electron chi connectivity index (χ4n) is 3.11. The highest BCUT2D eigenvalue weighted by atomic mass is 79.9. The molecule has 0 N–H and O–H groups in total. The second-order valence-corrected chi connectivity index (χ2v) is 7.15. The Bertz CT molecular complexity index is 506. The number of halogens is 1. The molecule has 0 aromatic heterocycles. The van der Waals surface area contributed by atoms with Crippen LogP contribution >= 0.6 is 15.9 Å². The Morgan fingerprint density at radius 1 is 1.35 bits per heavy atom. The van der Waals surface area contributed by atoms with Crippen LogP contribution in [0.15, 0.2) is 22.7 Å². The summed E-state index contributed by atoms with van der Waals surface area (Å²) in [4.78, 5) is 0. The first-order valence-corrected chi connectivity index (χ1v) is 8.17. The molecule has 3 atom stereocenters.